The molecule has 1 heterocycles. The fourth-order valence-electron chi connectivity index (χ4n) is 4.46. The minimum Gasteiger partial charge on any atom is -0.296 e. The Balaban J connectivity index is 2.13. The van der Waals surface area contributed by atoms with Crippen molar-refractivity contribution >= 4 is 0 Å². The van der Waals surface area contributed by atoms with Crippen LogP contribution in [0.3, 0.4) is 0 Å². The normalized spacial score (nSPS) is 39.7. The van der Waals surface area contributed by atoms with E-state index in [0.717, 1.165) is 18.3 Å². The van der Waals surface area contributed by atoms with Crippen molar-refractivity contribution < 1.29 is 0 Å². The second kappa shape index (κ2) is 6.06. The van der Waals surface area contributed by atoms with Crippen LogP contribution in [0.2, 0.25) is 0 Å². The molecule has 0 radical (unpaired) electrons. The van der Waals surface area contributed by atoms with Gasteiger partial charge in [0.25, 0.3) is 0 Å². The largest absolute Gasteiger partial charge is 0.296 e. The predicted octanol–water partition coefficient (Wildman–Crippen LogP) is 4.46. The first-order valence-corrected chi connectivity index (χ1v) is 8.54. The molecule has 0 N–H and O–H groups in total. The van der Waals surface area contributed by atoms with Gasteiger partial charge in [0.1, 0.15) is 0 Å². The molecule has 2 nitrogen and oxygen atoms in total. The Morgan fingerprint density at radius 2 is 1.90 bits per heavy atom. The van der Waals surface area contributed by atoms with Crippen LogP contribution in [0.25, 0.3) is 0 Å². The molecular formula is C18H32N2. The van der Waals surface area contributed by atoms with Crippen LogP contribution in [0.5, 0.6) is 0 Å². The summed E-state index contributed by atoms with van der Waals surface area (Å²) in [4.78, 5) is 2.66. The average molecular weight is 276 g/mol. The number of hydrogen-bond donors (Lipinski definition) is 0. The quantitative estimate of drug-likeness (QED) is 0.761. The lowest BCUT2D eigenvalue weighted by atomic mass is 9.66. The van der Waals surface area contributed by atoms with Gasteiger partial charge in [0.15, 0.2) is 0 Å². The van der Waals surface area contributed by atoms with Crippen molar-refractivity contribution in [1.82, 2.24) is 4.90 Å². The average Bonchev–Trinajstić information content (AvgIpc) is 2.76. The van der Waals surface area contributed by atoms with Crippen molar-refractivity contribution in [2.24, 2.45) is 23.2 Å². The highest BCUT2D eigenvalue weighted by atomic mass is 15.2. The molecule has 0 bridgehead atoms. The number of nitrogens with zero attached hydrogens (tertiary/aromatic N) is 2. The second-order valence-electron chi connectivity index (χ2n) is 8.04. The predicted molar refractivity (Wildman–Crippen MR) is 84.3 cm³/mol. The molecule has 0 aromatic heterocycles. The molecule has 2 fully saturated rings. The lowest BCUT2D eigenvalue weighted by molar-refractivity contribution is 0.0472. The fourth-order valence-corrected chi connectivity index (χ4v) is 4.46. The first kappa shape index (κ1) is 15.8. The lowest BCUT2D eigenvalue weighted by Gasteiger charge is -2.45. The minimum absolute atomic E-state index is 0.256. The maximum absolute atomic E-state index is 9.54. The molecule has 1 aliphatic carbocycles. The summed E-state index contributed by atoms with van der Waals surface area (Å²) >= 11 is 0. The number of nitriles is 1. The Morgan fingerprint density at radius 1 is 1.20 bits per heavy atom. The van der Waals surface area contributed by atoms with Gasteiger partial charge in [-0.2, -0.15) is 5.26 Å². The van der Waals surface area contributed by atoms with Crippen LogP contribution in [0, 0.1) is 34.5 Å². The molecule has 20 heavy (non-hydrogen) atoms. The van der Waals surface area contributed by atoms with Gasteiger partial charge in [0, 0.05) is 18.6 Å². The monoisotopic (exact) mass is 276 g/mol. The summed E-state index contributed by atoms with van der Waals surface area (Å²) < 4.78 is 0. The van der Waals surface area contributed by atoms with Crippen LogP contribution in [0.15, 0.2) is 0 Å². The number of likely N-dealkylation sites (tertiary alicyclic amines) is 1. The summed E-state index contributed by atoms with van der Waals surface area (Å²) in [6.45, 7) is 13.0. The van der Waals surface area contributed by atoms with Gasteiger partial charge >= 0.3 is 0 Å². The van der Waals surface area contributed by atoms with E-state index in [4.69, 9.17) is 0 Å². The van der Waals surface area contributed by atoms with Gasteiger partial charge in [0.2, 0.25) is 0 Å². The molecule has 2 heteroatoms. The highest BCUT2D eigenvalue weighted by molar-refractivity contribution is 5.02. The zero-order valence-corrected chi connectivity index (χ0v) is 14.0. The van der Waals surface area contributed by atoms with Crippen molar-refractivity contribution in [3.63, 3.8) is 0 Å². The maximum atomic E-state index is 9.54. The van der Waals surface area contributed by atoms with E-state index in [2.05, 4.69) is 45.6 Å². The van der Waals surface area contributed by atoms with E-state index < -0.39 is 0 Å². The SMILES string of the molecule is CCC(C)(C)C1CCC(C#N)C(N2CC(C)CC2C)C1. The summed E-state index contributed by atoms with van der Waals surface area (Å²) in [5, 5.41) is 9.54. The van der Waals surface area contributed by atoms with Crippen molar-refractivity contribution in [3.8, 4) is 6.07 Å². The minimum atomic E-state index is 0.256. The summed E-state index contributed by atoms with van der Waals surface area (Å²) in [7, 11) is 0. The molecule has 2 rings (SSSR count). The first-order valence-electron chi connectivity index (χ1n) is 8.54. The molecule has 1 saturated heterocycles. The van der Waals surface area contributed by atoms with Crippen molar-refractivity contribution in [3.05, 3.63) is 0 Å². The molecule has 114 valence electrons. The van der Waals surface area contributed by atoms with E-state index in [1.807, 2.05) is 0 Å². The second-order valence-corrected chi connectivity index (χ2v) is 8.04. The molecule has 0 aromatic carbocycles. The van der Waals surface area contributed by atoms with E-state index in [-0.39, 0.29) is 5.92 Å². The van der Waals surface area contributed by atoms with Gasteiger partial charge in [-0.25, -0.2) is 0 Å². The fraction of sp³-hybridized carbons (Fsp3) is 0.944. The van der Waals surface area contributed by atoms with Gasteiger partial charge < -0.3 is 0 Å². The van der Waals surface area contributed by atoms with Crippen LogP contribution < -0.4 is 0 Å². The summed E-state index contributed by atoms with van der Waals surface area (Å²) in [6, 6.07) is 3.78. The third-order valence-electron chi connectivity index (χ3n) is 6.26. The first-order chi connectivity index (χ1) is 9.39. The maximum Gasteiger partial charge on any atom is 0.0672 e. The molecule has 1 aliphatic heterocycles. The van der Waals surface area contributed by atoms with E-state index in [0.29, 0.717) is 17.5 Å². The molecule has 1 saturated carbocycles. The Hall–Kier alpha value is -0.550. The molecule has 0 aromatic rings. The van der Waals surface area contributed by atoms with Gasteiger partial charge in [0.05, 0.1) is 12.0 Å². The van der Waals surface area contributed by atoms with E-state index >= 15 is 0 Å². The van der Waals surface area contributed by atoms with Gasteiger partial charge in [-0.05, 0) is 49.9 Å². The smallest absolute Gasteiger partial charge is 0.0672 e. The highest BCUT2D eigenvalue weighted by Gasteiger charge is 2.42. The van der Waals surface area contributed by atoms with Crippen molar-refractivity contribution in [1.29, 1.82) is 5.26 Å². The third kappa shape index (κ3) is 3.03. The summed E-state index contributed by atoms with van der Waals surface area (Å²) in [6.07, 6.45) is 6.13. The van der Waals surface area contributed by atoms with Crippen LogP contribution >= 0.6 is 0 Å². The Bertz CT molecular complexity index is 368. The van der Waals surface area contributed by atoms with Gasteiger partial charge in [-0.15, -0.1) is 0 Å². The highest BCUT2D eigenvalue weighted by Crippen LogP contribution is 2.45. The van der Waals surface area contributed by atoms with Crippen LogP contribution in [0.4, 0.5) is 0 Å². The van der Waals surface area contributed by atoms with Gasteiger partial charge in [-0.3, -0.25) is 4.90 Å². The van der Waals surface area contributed by atoms with Crippen molar-refractivity contribution in [2.45, 2.75) is 78.8 Å². The Kier molecular flexibility index (Phi) is 4.80. The third-order valence-corrected chi connectivity index (χ3v) is 6.26. The number of hydrogen-bond acceptors (Lipinski definition) is 2. The molecule has 5 unspecified atom stereocenters. The zero-order chi connectivity index (χ0) is 14.9. The summed E-state index contributed by atoms with van der Waals surface area (Å²) in [5.74, 6) is 1.83. The molecule has 5 atom stereocenters. The lowest BCUT2D eigenvalue weighted by Crippen LogP contribution is -2.47. The van der Waals surface area contributed by atoms with Crippen LogP contribution in [-0.2, 0) is 0 Å². The van der Waals surface area contributed by atoms with E-state index in [1.165, 1.54) is 32.2 Å². The Labute approximate surface area is 125 Å². The van der Waals surface area contributed by atoms with E-state index in [9.17, 15) is 5.26 Å². The molecule has 2 aliphatic rings. The topological polar surface area (TPSA) is 27.0 Å². The van der Waals surface area contributed by atoms with Crippen molar-refractivity contribution in [2.75, 3.05) is 6.54 Å². The molecule has 0 spiro atoms. The van der Waals surface area contributed by atoms with E-state index in [1.54, 1.807) is 0 Å². The molecular weight excluding hydrogens is 244 g/mol. The zero-order valence-electron chi connectivity index (χ0n) is 14.0. The van der Waals surface area contributed by atoms with Crippen LogP contribution in [0.1, 0.15) is 66.7 Å². The van der Waals surface area contributed by atoms with Crippen LogP contribution in [-0.4, -0.2) is 23.5 Å². The number of rotatable bonds is 3. The van der Waals surface area contributed by atoms with Gasteiger partial charge in [-0.1, -0.05) is 34.1 Å². The Morgan fingerprint density at radius 3 is 2.40 bits per heavy atom. The summed E-state index contributed by atoms with van der Waals surface area (Å²) in [5.41, 5.74) is 0.424. The standard InChI is InChI=1S/C18H32N2/c1-6-18(4,5)16-8-7-15(11-19)17(10-16)20-12-13(2)9-14(20)3/h13-17H,6-10,12H2,1-5H3. The molecule has 0 amide bonds.